The van der Waals surface area contributed by atoms with Gasteiger partial charge >= 0.3 is 103 Å². The van der Waals surface area contributed by atoms with Crippen molar-refractivity contribution in [1.82, 2.24) is 10.2 Å². The third-order valence-corrected chi connectivity index (χ3v) is 14.4. The van der Waals surface area contributed by atoms with E-state index < -0.39 is 48.8 Å². The number of fused-ring (bicyclic) bond motifs is 7. The molecule has 0 unspecified atom stereocenters. The molecule has 10 nitrogen and oxygen atoms in total. The number of aliphatic carboxylic acids is 2. The summed E-state index contributed by atoms with van der Waals surface area (Å²) in [6.07, 6.45) is 8.37. The Balaban J connectivity index is 0.00000312. The van der Waals surface area contributed by atoms with Crippen molar-refractivity contribution in [2.75, 3.05) is 19.6 Å². The molecule has 0 aromatic carbocycles. The Morgan fingerprint density at radius 2 is 1.50 bits per heavy atom. The van der Waals surface area contributed by atoms with Crippen LogP contribution in [0.5, 0.6) is 0 Å². The Morgan fingerprint density at radius 1 is 0.875 bits per heavy atom. The Morgan fingerprint density at radius 3 is 2.10 bits per heavy atom. The number of aliphatic hydroxyl groups is 1. The molecule has 5 aliphatic carbocycles. The third kappa shape index (κ3) is 6.98. The van der Waals surface area contributed by atoms with Crippen LogP contribution in [0.3, 0.4) is 0 Å². The van der Waals surface area contributed by atoms with E-state index in [2.05, 4.69) is 46.9 Å². The summed E-state index contributed by atoms with van der Waals surface area (Å²) in [6, 6.07) is 0. The van der Waals surface area contributed by atoms with Gasteiger partial charge in [-0.25, -0.2) is 0 Å². The van der Waals surface area contributed by atoms with Gasteiger partial charge in [0.15, 0.2) is 5.78 Å². The van der Waals surface area contributed by atoms with Gasteiger partial charge in [-0.2, -0.15) is 0 Å². The van der Waals surface area contributed by atoms with Gasteiger partial charge in [0.05, 0.1) is 37.7 Å². The second-order valence-corrected chi connectivity index (χ2v) is 17.3. The Labute approximate surface area is 370 Å². The fourth-order valence-corrected chi connectivity index (χ4v) is 11.5. The number of ketones is 1. The molecule has 0 spiro atoms. The zero-order valence-electron chi connectivity index (χ0n) is 30.6. The molecule has 256 valence electrons. The predicted molar refractivity (Wildman–Crippen MR) is 165 cm³/mol. The molecule has 0 radical (unpaired) electrons. The summed E-state index contributed by atoms with van der Waals surface area (Å²) in [6.45, 7) is 13.1. The van der Waals surface area contributed by atoms with Gasteiger partial charge < -0.3 is 35.1 Å². The van der Waals surface area contributed by atoms with Crippen LogP contribution < -0.4 is 118 Å². The van der Waals surface area contributed by atoms with E-state index in [9.17, 15) is 39.3 Å². The monoisotopic (exact) mass is 718 g/mol. The first-order chi connectivity index (χ1) is 21.1. The first-order valence-corrected chi connectivity index (χ1v) is 17.0. The van der Waals surface area contributed by atoms with Crippen LogP contribution in [0, 0.1) is 50.2 Å². The Kier molecular flexibility index (Phi) is 13.2. The van der Waals surface area contributed by atoms with Crippen LogP contribution in [0.15, 0.2) is 11.6 Å². The molecule has 0 saturated heterocycles. The van der Waals surface area contributed by atoms with Gasteiger partial charge in [0.2, 0.25) is 11.8 Å². The molecule has 48 heavy (non-hydrogen) atoms. The van der Waals surface area contributed by atoms with Crippen molar-refractivity contribution < 1.29 is 142 Å². The van der Waals surface area contributed by atoms with E-state index >= 15 is 0 Å². The van der Waals surface area contributed by atoms with E-state index in [-0.39, 0.29) is 159 Å². The van der Waals surface area contributed by atoms with Gasteiger partial charge in [-0.15, -0.1) is 0 Å². The van der Waals surface area contributed by atoms with E-state index in [1.165, 1.54) is 0 Å². The molecule has 4 fully saturated rings. The summed E-state index contributed by atoms with van der Waals surface area (Å²) in [7, 11) is 0. The number of nitrogens with zero attached hydrogens (tertiary/aromatic N) is 1. The number of carbonyl (C=O) groups excluding carboxylic acids is 5. The van der Waals surface area contributed by atoms with Crippen molar-refractivity contribution in [3.05, 3.63) is 11.6 Å². The van der Waals surface area contributed by atoms with Crippen molar-refractivity contribution in [2.24, 2.45) is 50.2 Å². The quantitative estimate of drug-likeness (QED) is 0.250. The van der Waals surface area contributed by atoms with Crippen molar-refractivity contribution in [2.45, 2.75) is 112 Å². The molecule has 9 atom stereocenters. The van der Waals surface area contributed by atoms with E-state index in [1.807, 2.05) is 13.0 Å². The van der Waals surface area contributed by atoms with Gasteiger partial charge in [-0.3, -0.25) is 14.4 Å². The van der Waals surface area contributed by atoms with Crippen molar-refractivity contribution >= 4 is 29.5 Å². The molecule has 0 aromatic rings. The summed E-state index contributed by atoms with van der Waals surface area (Å²) >= 11 is 0. The maximum atomic E-state index is 14.5. The first-order valence-electron chi connectivity index (χ1n) is 17.0. The number of aliphatic hydroxyl groups excluding tert-OH is 1. The van der Waals surface area contributed by atoms with Crippen molar-refractivity contribution in [1.29, 1.82) is 0 Å². The zero-order valence-corrected chi connectivity index (χ0v) is 36.9. The molecule has 5 rings (SSSR count). The van der Waals surface area contributed by atoms with Gasteiger partial charge in [-0.1, -0.05) is 54.0 Å². The molecule has 12 heteroatoms. The van der Waals surface area contributed by atoms with Crippen LogP contribution in [0.25, 0.3) is 0 Å². The minimum atomic E-state index is -1.52. The largest absolute Gasteiger partial charge is 1.00 e. The minimum Gasteiger partial charge on any atom is -0.548 e. The number of carboxylic acid groups (broad SMARTS) is 2. The molecule has 0 heterocycles. The fraction of sp³-hybridized carbons (Fsp3) is 0.806. The second kappa shape index (κ2) is 14.7. The summed E-state index contributed by atoms with van der Waals surface area (Å²) in [4.78, 5) is 64.5. The number of rotatable bonds is 7. The van der Waals surface area contributed by atoms with E-state index in [0.29, 0.717) is 25.7 Å². The third-order valence-electron chi connectivity index (χ3n) is 14.4. The molecular formula is C36H52K2N2O8. The Hall–Kier alpha value is 0.523. The number of allylic oxidation sites excluding steroid dienone is 2. The van der Waals surface area contributed by atoms with Crippen LogP contribution in [0.4, 0.5) is 0 Å². The van der Waals surface area contributed by atoms with Gasteiger partial charge in [0.1, 0.15) is 0 Å². The van der Waals surface area contributed by atoms with Gasteiger partial charge in [0, 0.05) is 11.3 Å². The maximum absolute atomic E-state index is 14.5. The molecule has 0 aromatic heterocycles. The summed E-state index contributed by atoms with van der Waals surface area (Å²) < 4.78 is 0. The maximum Gasteiger partial charge on any atom is 1.00 e. The summed E-state index contributed by atoms with van der Waals surface area (Å²) in [5.74, 6) is -4.16. The SMILES string of the molecule is CC1(C)[C@@H](O)CC[C@]2(C)[C@H]3C(=O)C=C4[C@@H]5C[C@@](C)(C(=O)N(CC(=O)[O-])CC(=O)NCC(=O)[O-])CC[C@]5(C)CC[C@@]4(C)[C@]3(C)CC[C@@H]12.[K+].[K+]. The smallest absolute Gasteiger partial charge is 0.548 e. The van der Waals surface area contributed by atoms with Gasteiger partial charge in [-0.05, 0) is 103 Å². The molecule has 2 N–H and O–H groups in total. The number of hydrogen-bond donors (Lipinski definition) is 2. The Bertz CT molecular complexity index is 1390. The topological polar surface area (TPSA) is 167 Å². The number of nitrogens with one attached hydrogen (secondary N) is 1. The van der Waals surface area contributed by atoms with Crippen LogP contribution in [0.2, 0.25) is 0 Å². The standard InChI is InChI=1S/C36H54N2O8.2K/c1-31(2)24-8-11-36(7)29(34(24,5)10-9-25(31)40)23(39)16-21-22-17-33(4,13-12-32(22,3)14-15-35(21,36)6)30(46)38(20-28(44)45)19-26(41)37-18-27(42)43;;/h16,22,24-25,29,40H,8-15,17-20H2,1-7H3,(H,37,41)(H,42,43)(H,44,45);;/q;2*+1/p-2/t22-,24-,25-,29+,32+,33-,34-,35+,36+;;/m0../s1. The van der Waals surface area contributed by atoms with E-state index in [4.69, 9.17) is 0 Å². The molecule has 0 aliphatic heterocycles. The van der Waals surface area contributed by atoms with Crippen LogP contribution in [-0.2, 0) is 24.0 Å². The molecule has 2 amide bonds. The average molecular weight is 719 g/mol. The molecular weight excluding hydrogens is 667 g/mol. The van der Waals surface area contributed by atoms with Crippen LogP contribution in [-0.4, -0.2) is 65.3 Å². The predicted octanol–water partition coefficient (Wildman–Crippen LogP) is -4.22. The number of hydrogen-bond acceptors (Lipinski definition) is 8. The van der Waals surface area contributed by atoms with Crippen LogP contribution in [0.1, 0.15) is 106 Å². The summed E-state index contributed by atoms with van der Waals surface area (Å²) in [5, 5.41) is 35.6. The summed E-state index contributed by atoms with van der Waals surface area (Å²) in [5.41, 5.74) is -1.12. The van der Waals surface area contributed by atoms with E-state index in [0.717, 1.165) is 42.6 Å². The second-order valence-electron chi connectivity index (χ2n) is 17.3. The van der Waals surface area contributed by atoms with Crippen molar-refractivity contribution in [3.8, 4) is 0 Å². The van der Waals surface area contributed by atoms with Crippen molar-refractivity contribution in [3.63, 3.8) is 0 Å². The molecule has 0 bridgehead atoms. The normalized spacial score (nSPS) is 40.9. The first kappa shape index (κ1) is 42.9. The zero-order chi connectivity index (χ0) is 34.3. The van der Waals surface area contributed by atoms with Gasteiger partial charge in [0.25, 0.3) is 0 Å². The molecule has 4 saturated carbocycles. The van der Waals surface area contributed by atoms with E-state index in [1.54, 1.807) is 0 Å². The minimum absolute atomic E-state index is 0. The number of amides is 2. The molecule has 5 aliphatic rings. The average Bonchev–Trinajstić information content (AvgIpc) is 2.95. The van der Waals surface area contributed by atoms with Crippen LogP contribution >= 0.6 is 0 Å². The fourth-order valence-electron chi connectivity index (χ4n) is 11.5. The number of carboxylic acids is 2. The number of carbonyl (C=O) groups is 5.